The van der Waals surface area contributed by atoms with Crippen LogP contribution in [-0.2, 0) is 0 Å². The lowest BCUT2D eigenvalue weighted by Crippen LogP contribution is -2.26. The molecule has 2 aromatic carbocycles. The summed E-state index contributed by atoms with van der Waals surface area (Å²) in [5.74, 6) is 1.35. The molecular formula is C16H17N7O. The number of methoxy groups -OCH3 is 1. The lowest BCUT2D eigenvalue weighted by Gasteiger charge is -2.01. The van der Waals surface area contributed by atoms with Gasteiger partial charge in [0.05, 0.1) is 23.8 Å². The third-order valence-corrected chi connectivity index (χ3v) is 3.30. The Morgan fingerprint density at radius 2 is 1.96 bits per heavy atom. The van der Waals surface area contributed by atoms with Gasteiger partial charge in [-0.25, -0.2) is 9.98 Å². The van der Waals surface area contributed by atoms with Crippen molar-refractivity contribution >= 4 is 28.6 Å². The predicted molar refractivity (Wildman–Crippen MR) is 95.2 cm³/mol. The Hall–Kier alpha value is -3.55. The van der Waals surface area contributed by atoms with E-state index in [2.05, 4.69) is 20.0 Å². The quantitative estimate of drug-likeness (QED) is 0.426. The summed E-state index contributed by atoms with van der Waals surface area (Å²) < 4.78 is 5.24. The largest absolute Gasteiger partial charge is 0.497 e. The number of nitrogens with two attached hydrogens (primary N) is 3. The van der Waals surface area contributed by atoms with Gasteiger partial charge in [0.25, 0.3) is 0 Å². The molecule has 0 saturated heterocycles. The molecule has 24 heavy (non-hydrogen) atoms. The second-order valence-electron chi connectivity index (χ2n) is 5.03. The molecule has 8 heteroatoms. The first-order valence-electron chi connectivity index (χ1n) is 7.13. The summed E-state index contributed by atoms with van der Waals surface area (Å²) in [5.41, 5.74) is 19.4. The molecule has 0 aliphatic carbocycles. The van der Waals surface area contributed by atoms with Crippen molar-refractivity contribution in [1.82, 2.24) is 9.97 Å². The average molecular weight is 323 g/mol. The fourth-order valence-electron chi connectivity index (χ4n) is 2.26. The summed E-state index contributed by atoms with van der Waals surface area (Å²) in [6.07, 6.45) is 0. The number of ether oxygens (including phenoxy) is 1. The maximum absolute atomic E-state index is 5.64. The molecule has 0 fully saturated rings. The van der Waals surface area contributed by atoms with E-state index < -0.39 is 0 Å². The highest BCUT2D eigenvalue weighted by atomic mass is 16.5. The van der Waals surface area contributed by atoms with E-state index in [0.29, 0.717) is 5.69 Å². The van der Waals surface area contributed by atoms with E-state index in [9.17, 15) is 0 Å². The molecule has 8 nitrogen and oxygen atoms in total. The van der Waals surface area contributed by atoms with Gasteiger partial charge in [-0.1, -0.05) is 12.1 Å². The molecule has 0 radical (unpaired) electrons. The predicted octanol–water partition coefficient (Wildman–Crippen LogP) is 1.46. The van der Waals surface area contributed by atoms with Gasteiger partial charge in [0, 0.05) is 5.56 Å². The number of imidazole rings is 1. The highest BCUT2D eigenvalue weighted by Gasteiger charge is 2.07. The number of rotatable bonds is 3. The highest BCUT2D eigenvalue weighted by Crippen LogP contribution is 2.26. The van der Waals surface area contributed by atoms with E-state index in [1.54, 1.807) is 13.2 Å². The number of nitrogens with zero attached hydrogens (tertiary/aromatic N) is 3. The fourth-order valence-corrected chi connectivity index (χ4v) is 2.26. The number of fused-ring (bicyclic) bond motifs is 1. The topological polar surface area (TPSA) is 141 Å². The highest BCUT2D eigenvalue weighted by molar-refractivity contribution is 5.94. The molecule has 0 amide bonds. The molecule has 3 aromatic rings. The van der Waals surface area contributed by atoms with Gasteiger partial charge in [0.15, 0.2) is 5.96 Å². The Morgan fingerprint density at radius 1 is 1.12 bits per heavy atom. The van der Waals surface area contributed by atoms with Crippen LogP contribution in [0.5, 0.6) is 5.75 Å². The van der Waals surface area contributed by atoms with Gasteiger partial charge in [-0.2, -0.15) is 4.99 Å². The molecule has 122 valence electrons. The summed E-state index contributed by atoms with van der Waals surface area (Å²) in [7, 11) is 1.63. The van der Waals surface area contributed by atoms with Gasteiger partial charge in [-0.15, -0.1) is 0 Å². The van der Waals surface area contributed by atoms with Gasteiger partial charge in [0.2, 0.25) is 5.96 Å². The van der Waals surface area contributed by atoms with Gasteiger partial charge < -0.3 is 26.9 Å². The Morgan fingerprint density at radius 3 is 2.71 bits per heavy atom. The zero-order valence-electron chi connectivity index (χ0n) is 13.0. The fraction of sp³-hybridized carbons (Fsp3) is 0.0625. The Kier molecular flexibility index (Phi) is 4.02. The minimum absolute atomic E-state index is 0.0121. The molecule has 1 aromatic heterocycles. The molecule has 3 rings (SSSR count). The Balaban J connectivity index is 1.98. The molecule has 0 bridgehead atoms. The number of aromatic amines is 1. The third-order valence-electron chi connectivity index (χ3n) is 3.30. The average Bonchev–Trinajstić information content (AvgIpc) is 2.97. The van der Waals surface area contributed by atoms with Crippen LogP contribution in [0.3, 0.4) is 0 Å². The van der Waals surface area contributed by atoms with Crippen molar-refractivity contribution < 1.29 is 4.74 Å². The molecule has 1 heterocycles. The molecule has 0 aliphatic heterocycles. The minimum Gasteiger partial charge on any atom is -0.497 e. The Bertz CT molecular complexity index is 939. The number of hydrogen-bond donors (Lipinski definition) is 4. The zero-order valence-corrected chi connectivity index (χ0v) is 13.0. The normalized spacial score (nSPS) is 11.5. The van der Waals surface area contributed by atoms with Crippen LogP contribution in [0.25, 0.3) is 22.4 Å². The van der Waals surface area contributed by atoms with Crippen molar-refractivity contribution in [3.63, 3.8) is 0 Å². The minimum atomic E-state index is -0.140. The van der Waals surface area contributed by atoms with Crippen LogP contribution in [0.4, 0.5) is 5.69 Å². The van der Waals surface area contributed by atoms with Gasteiger partial charge in [-0.3, -0.25) is 0 Å². The molecule has 0 saturated carbocycles. The number of nitrogens with one attached hydrogen (secondary N) is 1. The summed E-state index contributed by atoms with van der Waals surface area (Å²) >= 11 is 0. The molecule has 0 aliphatic rings. The van der Waals surface area contributed by atoms with Crippen LogP contribution in [0.15, 0.2) is 52.4 Å². The molecule has 0 atom stereocenters. The SMILES string of the molecule is COc1cccc(-c2nc3ccc(N=C(N)N=C(N)N)cc3[nH]2)c1. The molecule has 0 spiro atoms. The Labute approximate surface area is 138 Å². The van der Waals surface area contributed by atoms with Crippen molar-refractivity contribution in [2.24, 2.45) is 27.2 Å². The second-order valence-corrected chi connectivity index (χ2v) is 5.03. The van der Waals surface area contributed by atoms with Crippen molar-refractivity contribution in [3.8, 4) is 17.1 Å². The zero-order chi connectivity index (χ0) is 17.1. The van der Waals surface area contributed by atoms with E-state index in [-0.39, 0.29) is 11.9 Å². The van der Waals surface area contributed by atoms with Gasteiger partial charge in [0.1, 0.15) is 11.6 Å². The van der Waals surface area contributed by atoms with Crippen molar-refractivity contribution in [1.29, 1.82) is 0 Å². The number of H-pyrrole nitrogens is 1. The first-order valence-corrected chi connectivity index (χ1v) is 7.13. The lowest BCUT2D eigenvalue weighted by molar-refractivity contribution is 0.415. The molecular weight excluding hydrogens is 306 g/mol. The van der Waals surface area contributed by atoms with Crippen LogP contribution < -0.4 is 21.9 Å². The summed E-state index contributed by atoms with van der Waals surface area (Å²) in [6.45, 7) is 0. The molecule has 0 unspecified atom stereocenters. The van der Waals surface area contributed by atoms with Gasteiger partial charge in [-0.05, 0) is 30.3 Å². The van der Waals surface area contributed by atoms with Crippen molar-refractivity contribution in [2.75, 3.05) is 7.11 Å². The van der Waals surface area contributed by atoms with Crippen molar-refractivity contribution in [3.05, 3.63) is 42.5 Å². The van der Waals surface area contributed by atoms with E-state index in [1.165, 1.54) is 0 Å². The van der Waals surface area contributed by atoms with E-state index >= 15 is 0 Å². The smallest absolute Gasteiger partial charge is 0.223 e. The number of guanidine groups is 2. The van der Waals surface area contributed by atoms with Gasteiger partial charge >= 0.3 is 0 Å². The van der Waals surface area contributed by atoms with Crippen molar-refractivity contribution in [2.45, 2.75) is 0 Å². The van der Waals surface area contributed by atoms with Crippen LogP contribution in [0, 0.1) is 0 Å². The van der Waals surface area contributed by atoms with Crippen LogP contribution in [0.1, 0.15) is 0 Å². The standard InChI is InChI=1S/C16H17N7O/c1-24-11-4-2-3-9(7-11)14-21-12-6-5-10(8-13(12)22-14)20-16(19)23-15(17)18/h2-8H,1H3,(H,21,22)(H6,17,18,19,20,23). The maximum Gasteiger partial charge on any atom is 0.223 e. The second kappa shape index (κ2) is 6.29. The summed E-state index contributed by atoms with van der Waals surface area (Å²) in [4.78, 5) is 15.6. The van der Waals surface area contributed by atoms with E-state index in [4.69, 9.17) is 21.9 Å². The third kappa shape index (κ3) is 3.27. The monoisotopic (exact) mass is 323 g/mol. The number of aromatic nitrogens is 2. The molecule has 7 N–H and O–H groups in total. The number of aliphatic imine (C=N–C) groups is 2. The van der Waals surface area contributed by atoms with E-state index in [1.807, 2.05) is 36.4 Å². The first kappa shape index (κ1) is 15.3. The van der Waals surface area contributed by atoms with Crippen LogP contribution in [-0.4, -0.2) is 29.0 Å². The van der Waals surface area contributed by atoms with Crippen LogP contribution in [0.2, 0.25) is 0 Å². The maximum atomic E-state index is 5.64. The van der Waals surface area contributed by atoms with E-state index in [0.717, 1.165) is 28.2 Å². The first-order chi connectivity index (χ1) is 11.5. The summed E-state index contributed by atoms with van der Waals surface area (Å²) in [6, 6.07) is 13.1. The van der Waals surface area contributed by atoms with Crippen LogP contribution >= 0.6 is 0 Å². The number of hydrogen-bond acceptors (Lipinski definition) is 3. The number of benzene rings is 2. The summed E-state index contributed by atoms with van der Waals surface area (Å²) in [5, 5.41) is 0. The lowest BCUT2D eigenvalue weighted by atomic mass is 10.2.